The van der Waals surface area contributed by atoms with E-state index >= 15 is 0 Å². The van der Waals surface area contributed by atoms with Crippen molar-refractivity contribution in [3.05, 3.63) is 24.0 Å². The van der Waals surface area contributed by atoms with Gasteiger partial charge in [-0.25, -0.2) is 0 Å². The van der Waals surface area contributed by atoms with Crippen molar-refractivity contribution in [3.63, 3.8) is 0 Å². The minimum Gasteiger partial charge on any atom is -0.398 e. The molecule has 0 aromatic carbocycles. The first-order valence-electron chi connectivity index (χ1n) is 5.54. The average Bonchev–Trinajstić information content (AvgIpc) is 2.17. The van der Waals surface area contributed by atoms with Gasteiger partial charge in [0.1, 0.15) is 0 Å². The van der Waals surface area contributed by atoms with Gasteiger partial charge in [0.2, 0.25) is 0 Å². The van der Waals surface area contributed by atoms with Crippen LogP contribution in [0.25, 0.3) is 0 Å². The highest BCUT2D eigenvalue weighted by molar-refractivity contribution is 5.47. The molecule has 2 rings (SSSR count). The molecule has 3 heteroatoms. The summed E-state index contributed by atoms with van der Waals surface area (Å²) in [6.07, 6.45) is 7.21. The first kappa shape index (κ1) is 10.4. The zero-order chi connectivity index (χ0) is 10.9. The standard InChI is InChI=1S/C12H18N2O/c1-9-3-2-5-12(15,7-9)10-8-14-6-4-11(10)13/h4,6,8-9,15H,2-3,5,7H2,1H3,(H2,13,14). The average molecular weight is 206 g/mol. The second kappa shape index (κ2) is 3.81. The number of aromatic nitrogens is 1. The highest BCUT2D eigenvalue weighted by atomic mass is 16.3. The van der Waals surface area contributed by atoms with Gasteiger partial charge in [-0.2, -0.15) is 0 Å². The van der Waals surface area contributed by atoms with Gasteiger partial charge in [-0.15, -0.1) is 0 Å². The molecule has 1 heterocycles. The van der Waals surface area contributed by atoms with Crippen molar-refractivity contribution in [2.45, 2.75) is 38.2 Å². The van der Waals surface area contributed by atoms with Crippen LogP contribution in [0.5, 0.6) is 0 Å². The molecule has 3 N–H and O–H groups in total. The molecule has 0 spiro atoms. The largest absolute Gasteiger partial charge is 0.398 e. The van der Waals surface area contributed by atoms with E-state index in [2.05, 4.69) is 11.9 Å². The molecule has 1 aliphatic rings. The van der Waals surface area contributed by atoms with Crippen LogP contribution in [0.4, 0.5) is 5.69 Å². The number of nitrogens with two attached hydrogens (primary N) is 1. The highest BCUT2D eigenvalue weighted by Gasteiger charge is 2.35. The Labute approximate surface area is 90.3 Å². The topological polar surface area (TPSA) is 59.1 Å². The summed E-state index contributed by atoms with van der Waals surface area (Å²) in [5, 5.41) is 10.6. The zero-order valence-electron chi connectivity index (χ0n) is 9.11. The molecule has 0 bridgehead atoms. The molecule has 1 aliphatic carbocycles. The quantitative estimate of drug-likeness (QED) is 0.739. The Morgan fingerprint density at radius 3 is 3.07 bits per heavy atom. The number of nitrogen functional groups attached to an aromatic ring is 1. The Morgan fingerprint density at radius 2 is 2.40 bits per heavy atom. The molecule has 2 atom stereocenters. The summed E-state index contributed by atoms with van der Waals surface area (Å²) in [4.78, 5) is 4.05. The SMILES string of the molecule is CC1CCCC(O)(c2cnccc2N)C1. The van der Waals surface area contributed by atoms with E-state index in [1.807, 2.05) is 0 Å². The lowest BCUT2D eigenvalue weighted by Gasteiger charge is -2.36. The van der Waals surface area contributed by atoms with Crippen LogP contribution in [0.2, 0.25) is 0 Å². The van der Waals surface area contributed by atoms with Crippen molar-refractivity contribution in [1.82, 2.24) is 4.98 Å². The Balaban J connectivity index is 2.32. The van der Waals surface area contributed by atoms with Crippen LogP contribution in [0.1, 0.15) is 38.2 Å². The van der Waals surface area contributed by atoms with Gasteiger partial charge in [-0.3, -0.25) is 4.98 Å². The van der Waals surface area contributed by atoms with Crippen molar-refractivity contribution in [2.75, 3.05) is 5.73 Å². The first-order chi connectivity index (χ1) is 7.12. The predicted octanol–water partition coefficient (Wildman–Crippen LogP) is 2.06. The Hall–Kier alpha value is -1.09. The monoisotopic (exact) mass is 206 g/mol. The third-order valence-electron chi connectivity index (χ3n) is 3.33. The van der Waals surface area contributed by atoms with Gasteiger partial charge >= 0.3 is 0 Å². The molecule has 0 saturated heterocycles. The fraction of sp³-hybridized carbons (Fsp3) is 0.583. The van der Waals surface area contributed by atoms with E-state index in [0.717, 1.165) is 24.8 Å². The molecule has 82 valence electrons. The lowest BCUT2D eigenvalue weighted by atomic mass is 9.75. The van der Waals surface area contributed by atoms with Gasteiger partial charge in [0.25, 0.3) is 0 Å². The Bertz CT molecular complexity index is 353. The van der Waals surface area contributed by atoms with Gasteiger partial charge in [-0.1, -0.05) is 13.3 Å². The summed E-state index contributed by atoms with van der Waals surface area (Å²) in [7, 11) is 0. The Kier molecular flexibility index (Phi) is 2.65. The minimum atomic E-state index is -0.754. The van der Waals surface area contributed by atoms with Gasteiger partial charge in [0.05, 0.1) is 5.60 Å². The number of hydrogen-bond acceptors (Lipinski definition) is 3. The van der Waals surface area contributed by atoms with E-state index in [-0.39, 0.29) is 0 Å². The first-order valence-corrected chi connectivity index (χ1v) is 5.54. The molecular weight excluding hydrogens is 188 g/mol. The van der Waals surface area contributed by atoms with Gasteiger partial charge in [0.15, 0.2) is 0 Å². The van der Waals surface area contributed by atoms with Crippen molar-refractivity contribution in [2.24, 2.45) is 5.92 Å². The number of anilines is 1. The minimum absolute atomic E-state index is 0.559. The van der Waals surface area contributed by atoms with Crippen LogP contribution >= 0.6 is 0 Å². The smallest absolute Gasteiger partial charge is 0.0934 e. The molecule has 0 amide bonds. The van der Waals surface area contributed by atoms with Gasteiger partial charge < -0.3 is 10.8 Å². The fourth-order valence-electron chi connectivity index (χ4n) is 2.56. The zero-order valence-corrected chi connectivity index (χ0v) is 9.11. The number of nitrogens with zero attached hydrogens (tertiary/aromatic N) is 1. The maximum absolute atomic E-state index is 10.6. The number of rotatable bonds is 1. The third-order valence-corrected chi connectivity index (χ3v) is 3.33. The fourth-order valence-corrected chi connectivity index (χ4v) is 2.56. The van der Waals surface area contributed by atoms with E-state index in [1.165, 1.54) is 6.42 Å². The third kappa shape index (κ3) is 1.97. The van der Waals surface area contributed by atoms with E-state index in [4.69, 9.17) is 5.73 Å². The van der Waals surface area contributed by atoms with Crippen LogP contribution in [0.3, 0.4) is 0 Å². The number of hydrogen-bond donors (Lipinski definition) is 2. The normalized spacial score (nSPS) is 31.5. The molecule has 2 unspecified atom stereocenters. The maximum atomic E-state index is 10.6. The van der Waals surface area contributed by atoms with Crippen molar-refractivity contribution >= 4 is 5.69 Å². The molecule has 0 radical (unpaired) electrons. The summed E-state index contributed by atoms with van der Waals surface area (Å²) in [5.41, 5.74) is 6.58. The van der Waals surface area contributed by atoms with Crippen LogP contribution in [0.15, 0.2) is 18.5 Å². The summed E-state index contributed by atoms with van der Waals surface area (Å²) in [6.45, 7) is 2.18. The van der Waals surface area contributed by atoms with Gasteiger partial charge in [0, 0.05) is 23.6 Å². The van der Waals surface area contributed by atoms with Crippen LogP contribution < -0.4 is 5.73 Å². The number of pyridine rings is 1. The second-order valence-corrected chi connectivity index (χ2v) is 4.70. The number of aliphatic hydroxyl groups is 1. The highest BCUT2D eigenvalue weighted by Crippen LogP contribution is 2.41. The molecule has 15 heavy (non-hydrogen) atoms. The molecule has 1 aromatic rings. The van der Waals surface area contributed by atoms with E-state index < -0.39 is 5.60 Å². The summed E-state index contributed by atoms with van der Waals surface area (Å²) >= 11 is 0. The van der Waals surface area contributed by atoms with Crippen molar-refractivity contribution in [1.29, 1.82) is 0 Å². The molecule has 1 aromatic heterocycles. The lowest BCUT2D eigenvalue weighted by Crippen LogP contribution is -2.32. The summed E-state index contributed by atoms with van der Waals surface area (Å²) in [6, 6.07) is 1.76. The Morgan fingerprint density at radius 1 is 1.60 bits per heavy atom. The van der Waals surface area contributed by atoms with Gasteiger partial charge in [-0.05, 0) is 31.2 Å². The molecule has 1 saturated carbocycles. The summed E-state index contributed by atoms with van der Waals surface area (Å²) < 4.78 is 0. The van der Waals surface area contributed by atoms with Crippen LogP contribution in [0, 0.1) is 5.92 Å². The lowest BCUT2D eigenvalue weighted by molar-refractivity contribution is -0.0174. The molecular formula is C12H18N2O. The van der Waals surface area contributed by atoms with E-state index in [0.29, 0.717) is 11.6 Å². The molecule has 1 fully saturated rings. The second-order valence-electron chi connectivity index (χ2n) is 4.70. The maximum Gasteiger partial charge on any atom is 0.0934 e. The van der Waals surface area contributed by atoms with Crippen LogP contribution in [-0.2, 0) is 5.60 Å². The van der Waals surface area contributed by atoms with Crippen molar-refractivity contribution < 1.29 is 5.11 Å². The summed E-state index contributed by atoms with van der Waals surface area (Å²) in [5.74, 6) is 0.559. The van der Waals surface area contributed by atoms with Crippen molar-refractivity contribution in [3.8, 4) is 0 Å². The molecule has 3 nitrogen and oxygen atoms in total. The van der Waals surface area contributed by atoms with Crippen LogP contribution in [-0.4, -0.2) is 10.1 Å². The van der Waals surface area contributed by atoms with E-state index in [9.17, 15) is 5.11 Å². The molecule has 0 aliphatic heterocycles. The van der Waals surface area contributed by atoms with E-state index in [1.54, 1.807) is 18.5 Å². The predicted molar refractivity (Wildman–Crippen MR) is 60.2 cm³/mol.